The normalized spacial score (nSPS) is 15.2. The van der Waals surface area contributed by atoms with Crippen LogP contribution in [0.5, 0.6) is 0 Å². The second kappa shape index (κ2) is 7.11. The molecule has 22 heavy (non-hydrogen) atoms. The standard InChI is InChI=1S/C19H14ClFSe/c20-18(14-6-4-5-7-14)19(15-10-12-16(21)13-11-15)22-17-8-2-1-3-9-17/h1-14H/b19-18+. The van der Waals surface area contributed by atoms with Gasteiger partial charge in [-0.25, -0.2) is 0 Å². The first-order chi connectivity index (χ1) is 10.7. The molecule has 0 amide bonds. The summed E-state index contributed by atoms with van der Waals surface area (Å²) in [6.07, 6.45) is 8.16. The van der Waals surface area contributed by atoms with Crippen molar-refractivity contribution >= 4 is 35.5 Å². The van der Waals surface area contributed by atoms with Gasteiger partial charge in [-0.15, -0.1) is 0 Å². The molecule has 2 aromatic carbocycles. The second-order valence-corrected chi connectivity index (χ2v) is 7.58. The summed E-state index contributed by atoms with van der Waals surface area (Å²) in [7, 11) is 0. The van der Waals surface area contributed by atoms with Crippen LogP contribution in [0.4, 0.5) is 4.39 Å². The third-order valence-corrected chi connectivity index (χ3v) is 6.47. The van der Waals surface area contributed by atoms with Gasteiger partial charge < -0.3 is 0 Å². The summed E-state index contributed by atoms with van der Waals surface area (Å²) in [6.45, 7) is 0. The molecule has 0 saturated heterocycles. The maximum atomic E-state index is 13.2. The molecule has 2 aromatic rings. The first kappa shape index (κ1) is 15.3. The molecule has 3 rings (SSSR count). The molecule has 0 atom stereocenters. The zero-order valence-electron chi connectivity index (χ0n) is 11.7. The Morgan fingerprint density at radius 3 is 2.18 bits per heavy atom. The van der Waals surface area contributed by atoms with Gasteiger partial charge in [0.15, 0.2) is 0 Å². The van der Waals surface area contributed by atoms with Crippen molar-refractivity contribution in [3.63, 3.8) is 0 Å². The average Bonchev–Trinajstić information content (AvgIpc) is 3.08. The summed E-state index contributed by atoms with van der Waals surface area (Å²) in [5.41, 5.74) is 0.990. The number of benzene rings is 2. The molecule has 0 spiro atoms. The summed E-state index contributed by atoms with van der Waals surface area (Å²) in [5, 5.41) is 0.820. The van der Waals surface area contributed by atoms with Gasteiger partial charge in [-0.1, -0.05) is 0 Å². The molecule has 1 aliphatic carbocycles. The molecule has 0 N–H and O–H groups in total. The predicted molar refractivity (Wildman–Crippen MR) is 92.8 cm³/mol. The van der Waals surface area contributed by atoms with Gasteiger partial charge >= 0.3 is 141 Å². The van der Waals surface area contributed by atoms with Gasteiger partial charge in [-0.3, -0.25) is 0 Å². The summed E-state index contributed by atoms with van der Waals surface area (Å²) in [5.74, 6) is -0.112. The first-order valence-corrected chi connectivity index (χ1v) is 9.06. The van der Waals surface area contributed by atoms with Crippen LogP contribution in [-0.2, 0) is 0 Å². The van der Waals surface area contributed by atoms with Crippen molar-refractivity contribution < 1.29 is 4.39 Å². The summed E-state index contributed by atoms with van der Waals surface area (Å²) < 4.78 is 15.6. The molecule has 0 fully saturated rings. The maximum absolute atomic E-state index is 13.2. The van der Waals surface area contributed by atoms with Crippen LogP contribution in [0.15, 0.2) is 83.9 Å². The number of hydrogen-bond donors (Lipinski definition) is 0. The Hall–Kier alpha value is -1.60. The molecule has 0 nitrogen and oxygen atoms in total. The van der Waals surface area contributed by atoms with Gasteiger partial charge in [-0.2, -0.15) is 0 Å². The van der Waals surface area contributed by atoms with Gasteiger partial charge in [0, 0.05) is 0 Å². The summed E-state index contributed by atoms with van der Waals surface area (Å²) >= 11 is 6.75. The van der Waals surface area contributed by atoms with Crippen molar-refractivity contribution in [2.75, 3.05) is 0 Å². The Morgan fingerprint density at radius 1 is 0.909 bits per heavy atom. The van der Waals surface area contributed by atoms with Crippen LogP contribution in [-0.4, -0.2) is 15.0 Å². The van der Waals surface area contributed by atoms with Crippen molar-refractivity contribution in [1.29, 1.82) is 0 Å². The number of halogens is 2. The minimum atomic E-state index is -0.230. The van der Waals surface area contributed by atoms with E-state index in [0.29, 0.717) is 0 Å². The van der Waals surface area contributed by atoms with Crippen LogP contribution in [0.3, 0.4) is 0 Å². The van der Waals surface area contributed by atoms with Crippen molar-refractivity contribution in [3.05, 3.63) is 95.3 Å². The van der Waals surface area contributed by atoms with Gasteiger partial charge in [-0.05, 0) is 0 Å². The first-order valence-electron chi connectivity index (χ1n) is 6.97. The van der Waals surface area contributed by atoms with E-state index >= 15 is 0 Å². The number of allylic oxidation sites excluding steroid dienone is 5. The Balaban J connectivity index is 2.01. The molecule has 0 unspecified atom stereocenters. The topological polar surface area (TPSA) is 0 Å². The Morgan fingerprint density at radius 2 is 1.55 bits per heavy atom. The quantitative estimate of drug-likeness (QED) is 0.690. The van der Waals surface area contributed by atoms with E-state index in [9.17, 15) is 4.39 Å². The average molecular weight is 376 g/mol. The van der Waals surface area contributed by atoms with Crippen molar-refractivity contribution in [2.24, 2.45) is 5.92 Å². The minimum absolute atomic E-state index is 0.0699. The molecule has 0 saturated carbocycles. The molecular formula is C19H14ClFSe. The zero-order valence-corrected chi connectivity index (χ0v) is 14.2. The van der Waals surface area contributed by atoms with Crippen molar-refractivity contribution in [3.8, 4) is 0 Å². The number of rotatable bonds is 4. The molecule has 0 aromatic heterocycles. The van der Waals surface area contributed by atoms with Crippen LogP contribution < -0.4 is 4.46 Å². The molecule has 0 aliphatic heterocycles. The third kappa shape index (κ3) is 3.59. The molecule has 3 heteroatoms. The van der Waals surface area contributed by atoms with E-state index in [1.54, 1.807) is 12.1 Å². The SMILES string of the molecule is Fc1ccc(/C([Se]c2ccccc2)=C(\Cl)C2C=CC=C2)cc1. The van der Waals surface area contributed by atoms with Crippen molar-refractivity contribution in [2.45, 2.75) is 0 Å². The molecule has 0 bridgehead atoms. The van der Waals surface area contributed by atoms with E-state index in [0.717, 1.165) is 15.1 Å². The molecule has 0 heterocycles. The van der Waals surface area contributed by atoms with E-state index in [4.69, 9.17) is 11.6 Å². The van der Waals surface area contributed by atoms with Crippen LogP contribution >= 0.6 is 11.6 Å². The number of hydrogen-bond acceptors (Lipinski definition) is 0. The Bertz CT molecular complexity index is 718. The summed E-state index contributed by atoms with van der Waals surface area (Å²) in [6, 6.07) is 16.9. The van der Waals surface area contributed by atoms with Gasteiger partial charge in [0.05, 0.1) is 0 Å². The van der Waals surface area contributed by atoms with Crippen LogP contribution in [0.2, 0.25) is 0 Å². The third-order valence-electron chi connectivity index (χ3n) is 3.33. The van der Waals surface area contributed by atoms with E-state index in [2.05, 4.69) is 24.3 Å². The van der Waals surface area contributed by atoms with E-state index in [1.165, 1.54) is 16.6 Å². The zero-order chi connectivity index (χ0) is 15.4. The molecule has 110 valence electrons. The van der Waals surface area contributed by atoms with E-state index in [-0.39, 0.29) is 26.7 Å². The Labute approximate surface area is 141 Å². The van der Waals surface area contributed by atoms with Crippen LogP contribution in [0, 0.1) is 11.7 Å². The van der Waals surface area contributed by atoms with Crippen molar-refractivity contribution in [1.82, 2.24) is 0 Å². The molecule has 0 radical (unpaired) electrons. The molecule has 1 aliphatic rings. The van der Waals surface area contributed by atoms with Crippen LogP contribution in [0.1, 0.15) is 5.56 Å². The Kier molecular flexibility index (Phi) is 4.94. The van der Waals surface area contributed by atoms with Gasteiger partial charge in [0.25, 0.3) is 0 Å². The second-order valence-electron chi connectivity index (χ2n) is 4.89. The van der Waals surface area contributed by atoms with Gasteiger partial charge in [0.2, 0.25) is 0 Å². The summed E-state index contributed by atoms with van der Waals surface area (Å²) in [4.78, 5) is 0. The predicted octanol–water partition coefficient (Wildman–Crippen LogP) is 4.51. The fourth-order valence-corrected chi connectivity index (χ4v) is 4.79. The van der Waals surface area contributed by atoms with E-state index < -0.39 is 0 Å². The fourth-order valence-electron chi connectivity index (χ4n) is 2.21. The fraction of sp³-hybridized carbons (Fsp3) is 0.0526. The monoisotopic (exact) mass is 376 g/mol. The molecular weight excluding hydrogens is 362 g/mol. The van der Waals surface area contributed by atoms with E-state index in [1.807, 2.05) is 30.4 Å². The van der Waals surface area contributed by atoms with Crippen LogP contribution in [0.25, 0.3) is 4.47 Å². The van der Waals surface area contributed by atoms with Gasteiger partial charge in [0.1, 0.15) is 0 Å².